The smallest absolute Gasteiger partial charge is 0.123 e. The maximum absolute atomic E-state index is 5.53. The normalized spacial score (nSPS) is 12.4. The van der Waals surface area contributed by atoms with Gasteiger partial charge < -0.3 is 10.1 Å². The second-order valence-electron chi connectivity index (χ2n) is 4.69. The van der Waals surface area contributed by atoms with E-state index >= 15 is 0 Å². The van der Waals surface area contributed by atoms with Crippen molar-refractivity contribution in [2.45, 2.75) is 26.3 Å². The Morgan fingerprint density at radius 2 is 2.05 bits per heavy atom. The van der Waals surface area contributed by atoms with Crippen LogP contribution in [0.4, 0.5) is 0 Å². The summed E-state index contributed by atoms with van der Waals surface area (Å²) in [5, 5.41) is 3.64. The van der Waals surface area contributed by atoms with E-state index < -0.39 is 0 Å². The van der Waals surface area contributed by atoms with Gasteiger partial charge in [-0.2, -0.15) is 0 Å². The van der Waals surface area contributed by atoms with Crippen LogP contribution in [0.2, 0.25) is 0 Å². The highest BCUT2D eigenvalue weighted by Gasteiger charge is 2.20. The lowest BCUT2D eigenvalue weighted by molar-refractivity contribution is 0.404. The van der Waals surface area contributed by atoms with E-state index in [1.807, 2.05) is 12.1 Å². The van der Waals surface area contributed by atoms with Crippen LogP contribution in [-0.2, 0) is 0 Å². The van der Waals surface area contributed by atoms with Crippen LogP contribution in [-0.4, -0.2) is 13.7 Å². The van der Waals surface area contributed by atoms with Gasteiger partial charge in [-0.05, 0) is 53.5 Å². The molecule has 2 nitrogen and oxygen atoms in total. The lowest BCUT2D eigenvalue weighted by atomic mass is 9.98. The molecule has 1 atom stereocenters. The number of thiophene rings is 1. The van der Waals surface area contributed by atoms with Gasteiger partial charge in [0.05, 0.1) is 16.9 Å². The third-order valence-corrected chi connectivity index (χ3v) is 4.85. The Hall–Kier alpha value is -0.840. The van der Waals surface area contributed by atoms with Crippen LogP contribution < -0.4 is 10.1 Å². The van der Waals surface area contributed by atoms with Gasteiger partial charge in [0.25, 0.3) is 0 Å². The van der Waals surface area contributed by atoms with Crippen molar-refractivity contribution < 1.29 is 4.74 Å². The van der Waals surface area contributed by atoms with Gasteiger partial charge in [0.1, 0.15) is 5.75 Å². The average molecular weight is 354 g/mol. The van der Waals surface area contributed by atoms with E-state index in [2.05, 4.69) is 53.3 Å². The number of nitrogens with one attached hydrogen (secondary N) is 1. The summed E-state index contributed by atoms with van der Waals surface area (Å²) in [5.41, 5.74) is 2.51. The third-order valence-electron chi connectivity index (χ3n) is 3.29. The number of halogens is 1. The fourth-order valence-electron chi connectivity index (χ4n) is 2.33. The van der Waals surface area contributed by atoms with Crippen molar-refractivity contribution in [2.75, 3.05) is 13.7 Å². The molecule has 2 rings (SSSR count). The monoisotopic (exact) mass is 353 g/mol. The Balaban J connectivity index is 2.44. The van der Waals surface area contributed by atoms with Gasteiger partial charge in [0.15, 0.2) is 0 Å². The van der Waals surface area contributed by atoms with Crippen LogP contribution in [0.3, 0.4) is 0 Å². The molecule has 0 aliphatic heterocycles. The fourth-order valence-corrected chi connectivity index (χ4v) is 4.07. The number of ether oxygens (including phenoxy) is 1. The van der Waals surface area contributed by atoms with E-state index in [1.54, 1.807) is 18.4 Å². The van der Waals surface area contributed by atoms with Crippen LogP contribution >= 0.6 is 27.3 Å². The highest BCUT2D eigenvalue weighted by molar-refractivity contribution is 9.11. The number of hydrogen-bond donors (Lipinski definition) is 1. The van der Waals surface area contributed by atoms with Crippen molar-refractivity contribution in [2.24, 2.45) is 0 Å². The minimum Gasteiger partial charge on any atom is -0.496 e. The number of rotatable bonds is 6. The quantitative estimate of drug-likeness (QED) is 0.795. The Labute approximate surface area is 133 Å². The average Bonchev–Trinajstić information content (AvgIpc) is 2.79. The number of aryl methyl sites for hydroxylation is 1. The predicted molar refractivity (Wildman–Crippen MR) is 89.9 cm³/mol. The second kappa shape index (κ2) is 7.25. The molecule has 2 aromatic rings. The Bertz CT molecular complexity index is 567. The first-order valence-corrected chi connectivity index (χ1v) is 8.40. The molecule has 0 saturated heterocycles. The third kappa shape index (κ3) is 3.43. The SMILES string of the molecule is CCCNC(c1ccccc1OC)c1cc(Br)sc1C. The Morgan fingerprint density at radius 1 is 1.30 bits per heavy atom. The summed E-state index contributed by atoms with van der Waals surface area (Å²) in [6.07, 6.45) is 1.11. The molecular formula is C16H20BrNOS. The van der Waals surface area contributed by atoms with Crippen molar-refractivity contribution >= 4 is 27.3 Å². The second-order valence-corrected chi connectivity index (χ2v) is 7.33. The number of para-hydroxylation sites is 1. The molecule has 1 N–H and O–H groups in total. The highest BCUT2D eigenvalue weighted by Crippen LogP contribution is 2.36. The maximum Gasteiger partial charge on any atom is 0.123 e. The first-order chi connectivity index (χ1) is 9.67. The lowest BCUT2D eigenvalue weighted by Crippen LogP contribution is -2.23. The van der Waals surface area contributed by atoms with Crippen molar-refractivity contribution in [1.29, 1.82) is 0 Å². The van der Waals surface area contributed by atoms with Crippen molar-refractivity contribution in [3.8, 4) is 5.75 Å². The molecule has 0 radical (unpaired) electrons. The summed E-state index contributed by atoms with van der Waals surface area (Å²) in [7, 11) is 1.73. The molecule has 20 heavy (non-hydrogen) atoms. The standard InChI is InChI=1S/C16H20BrNOS/c1-4-9-18-16(13-10-15(17)20-11(13)2)12-7-5-6-8-14(12)19-3/h5-8,10,16,18H,4,9H2,1-3H3. The first kappa shape index (κ1) is 15.5. The molecule has 1 heterocycles. The molecule has 108 valence electrons. The number of methoxy groups -OCH3 is 1. The molecule has 0 saturated carbocycles. The topological polar surface area (TPSA) is 21.3 Å². The van der Waals surface area contributed by atoms with Crippen LogP contribution in [0.5, 0.6) is 5.75 Å². The van der Waals surface area contributed by atoms with Crippen LogP contribution in [0.1, 0.15) is 35.4 Å². The zero-order chi connectivity index (χ0) is 14.5. The van der Waals surface area contributed by atoms with E-state index in [1.165, 1.54) is 19.8 Å². The van der Waals surface area contributed by atoms with Crippen LogP contribution in [0.15, 0.2) is 34.1 Å². The summed E-state index contributed by atoms with van der Waals surface area (Å²) >= 11 is 5.36. The minimum atomic E-state index is 0.175. The van der Waals surface area contributed by atoms with Gasteiger partial charge in [-0.1, -0.05) is 25.1 Å². The molecule has 0 aliphatic rings. The van der Waals surface area contributed by atoms with Crippen molar-refractivity contribution in [3.63, 3.8) is 0 Å². The summed E-state index contributed by atoms with van der Waals surface area (Å²) < 4.78 is 6.70. The van der Waals surface area contributed by atoms with E-state index in [0.29, 0.717) is 0 Å². The molecule has 1 unspecified atom stereocenters. The molecule has 0 amide bonds. The van der Waals surface area contributed by atoms with E-state index in [-0.39, 0.29) is 6.04 Å². The summed E-state index contributed by atoms with van der Waals surface area (Å²) in [6.45, 7) is 5.33. The van der Waals surface area contributed by atoms with Crippen molar-refractivity contribution in [1.82, 2.24) is 5.32 Å². The first-order valence-electron chi connectivity index (χ1n) is 6.79. The van der Waals surface area contributed by atoms with Gasteiger partial charge >= 0.3 is 0 Å². The number of benzene rings is 1. The molecule has 1 aromatic heterocycles. The van der Waals surface area contributed by atoms with Gasteiger partial charge in [-0.25, -0.2) is 0 Å². The van der Waals surface area contributed by atoms with E-state index in [9.17, 15) is 0 Å². The molecule has 0 bridgehead atoms. The number of hydrogen-bond acceptors (Lipinski definition) is 3. The molecule has 1 aromatic carbocycles. The molecule has 0 spiro atoms. The summed E-state index contributed by atoms with van der Waals surface area (Å²) in [4.78, 5) is 1.33. The van der Waals surface area contributed by atoms with Gasteiger partial charge in [-0.3, -0.25) is 0 Å². The minimum absolute atomic E-state index is 0.175. The Kier molecular flexibility index (Phi) is 5.64. The Morgan fingerprint density at radius 3 is 2.65 bits per heavy atom. The lowest BCUT2D eigenvalue weighted by Gasteiger charge is -2.21. The molecule has 0 fully saturated rings. The van der Waals surface area contributed by atoms with Gasteiger partial charge in [0, 0.05) is 10.4 Å². The summed E-state index contributed by atoms with van der Waals surface area (Å²) in [5.74, 6) is 0.933. The molecule has 4 heteroatoms. The fraction of sp³-hybridized carbons (Fsp3) is 0.375. The zero-order valence-corrected chi connectivity index (χ0v) is 14.5. The summed E-state index contributed by atoms with van der Waals surface area (Å²) in [6, 6.07) is 10.6. The zero-order valence-electron chi connectivity index (χ0n) is 12.1. The van der Waals surface area contributed by atoms with Gasteiger partial charge in [-0.15, -0.1) is 11.3 Å². The van der Waals surface area contributed by atoms with Crippen molar-refractivity contribution in [3.05, 3.63) is 50.1 Å². The van der Waals surface area contributed by atoms with Gasteiger partial charge in [0.2, 0.25) is 0 Å². The van der Waals surface area contributed by atoms with E-state index in [4.69, 9.17) is 4.74 Å². The van der Waals surface area contributed by atoms with Crippen LogP contribution in [0, 0.1) is 6.92 Å². The molecule has 0 aliphatic carbocycles. The molecular weight excluding hydrogens is 334 g/mol. The van der Waals surface area contributed by atoms with E-state index in [0.717, 1.165) is 18.7 Å². The largest absolute Gasteiger partial charge is 0.496 e. The highest BCUT2D eigenvalue weighted by atomic mass is 79.9. The van der Waals surface area contributed by atoms with Crippen LogP contribution in [0.25, 0.3) is 0 Å². The predicted octanol–water partition coefficient (Wildman–Crippen LogP) is 4.92. The maximum atomic E-state index is 5.53.